The van der Waals surface area contributed by atoms with Crippen molar-refractivity contribution in [2.75, 3.05) is 26.1 Å². The molecular weight excluding hydrogens is 404 g/mol. The first-order chi connectivity index (χ1) is 14.4. The molecule has 3 N–H and O–H groups in total. The summed E-state index contributed by atoms with van der Waals surface area (Å²) in [5.41, 5.74) is 0.208. The van der Waals surface area contributed by atoms with Crippen molar-refractivity contribution in [3.63, 3.8) is 0 Å². The van der Waals surface area contributed by atoms with Crippen LogP contribution in [-0.2, 0) is 15.0 Å². The summed E-state index contributed by atoms with van der Waals surface area (Å²) >= 11 is 1.58. The average Bonchev–Trinajstić information content (AvgIpc) is 3.42. The fourth-order valence-electron chi connectivity index (χ4n) is 3.84. The lowest BCUT2D eigenvalue weighted by Crippen LogP contribution is -2.43. The summed E-state index contributed by atoms with van der Waals surface area (Å²) in [6, 6.07) is 8.92. The van der Waals surface area contributed by atoms with Crippen LogP contribution in [-0.4, -0.2) is 37.7 Å². The molecule has 3 rings (SSSR count). The molecule has 1 aromatic heterocycles. The van der Waals surface area contributed by atoms with E-state index in [0.29, 0.717) is 23.7 Å². The second-order valence-electron chi connectivity index (χ2n) is 7.57. The molecule has 8 heteroatoms. The van der Waals surface area contributed by atoms with E-state index in [1.54, 1.807) is 36.5 Å². The number of amides is 2. The predicted octanol–water partition coefficient (Wildman–Crippen LogP) is 3.39. The molecule has 30 heavy (non-hydrogen) atoms. The number of methoxy groups -OCH3 is 2. The van der Waals surface area contributed by atoms with E-state index in [1.165, 1.54) is 14.2 Å². The molecule has 0 saturated heterocycles. The Morgan fingerprint density at radius 3 is 2.47 bits per heavy atom. The maximum absolute atomic E-state index is 12.5. The van der Waals surface area contributed by atoms with E-state index >= 15 is 0 Å². The van der Waals surface area contributed by atoms with Gasteiger partial charge in [0.2, 0.25) is 0 Å². The van der Waals surface area contributed by atoms with Gasteiger partial charge in [-0.3, -0.25) is 9.59 Å². The van der Waals surface area contributed by atoms with Crippen molar-refractivity contribution >= 4 is 28.8 Å². The zero-order valence-corrected chi connectivity index (χ0v) is 18.3. The lowest BCUT2D eigenvalue weighted by molar-refractivity contribution is -0.136. The molecule has 2 amide bonds. The van der Waals surface area contributed by atoms with Crippen molar-refractivity contribution in [1.29, 1.82) is 0 Å². The lowest BCUT2D eigenvalue weighted by atomic mass is 9.84. The fraction of sp³-hybridized carbons (Fsp3) is 0.455. The fourth-order valence-corrected chi connectivity index (χ4v) is 5.02. The van der Waals surface area contributed by atoms with Gasteiger partial charge in [0.1, 0.15) is 11.5 Å². The summed E-state index contributed by atoms with van der Waals surface area (Å²) in [7, 11) is 3.02. The van der Waals surface area contributed by atoms with Gasteiger partial charge in [-0.1, -0.05) is 12.8 Å². The summed E-state index contributed by atoms with van der Waals surface area (Å²) in [5, 5.41) is 15.2. The number of anilines is 1. The van der Waals surface area contributed by atoms with Gasteiger partial charge in [0.05, 0.1) is 26.0 Å². The quantitative estimate of drug-likeness (QED) is 0.583. The number of hydrogen-bond donors (Lipinski definition) is 3. The van der Waals surface area contributed by atoms with Gasteiger partial charge in [-0.2, -0.15) is 0 Å². The van der Waals surface area contributed by atoms with Crippen LogP contribution in [0.2, 0.25) is 0 Å². The number of aliphatic hydroxyl groups excluding tert-OH is 1. The molecule has 1 aliphatic carbocycles. The van der Waals surface area contributed by atoms with E-state index in [2.05, 4.69) is 10.6 Å². The molecule has 2 aromatic rings. The highest BCUT2D eigenvalue weighted by Crippen LogP contribution is 2.44. The molecule has 7 nitrogen and oxygen atoms in total. The van der Waals surface area contributed by atoms with Gasteiger partial charge in [-0.25, -0.2) is 0 Å². The molecule has 0 unspecified atom stereocenters. The number of benzene rings is 1. The van der Waals surface area contributed by atoms with Crippen LogP contribution in [0.15, 0.2) is 30.3 Å². The molecular formula is C22H28N2O5S. The second kappa shape index (κ2) is 9.49. The van der Waals surface area contributed by atoms with Crippen molar-refractivity contribution in [3.05, 3.63) is 40.1 Å². The van der Waals surface area contributed by atoms with Crippen LogP contribution in [0.5, 0.6) is 11.5 Å². The molecule has 0 bridgehead atoms. The Kier molecular flexibility index (Phi) is 6.99. The van der Waals surface area contributed by atoms with Crippen molar-refractivity contribution in [2.45, 2.75) is 44.1 Å². The predicted molar refractivity (Wildman–Crippen MR) is 116 cm³/mol. The van der Waals surface area contributed by atoms with E-state index in [4.69, 9.17) is 9.47 Å². The number of carbonyl (C=O) groups excluding carboxylic acids is 2. The molecule has 1 heterocycles. The SMILES string of the molecule is COc1ccc(NC(=O)C(=O)NCC2(c3ccc([C@H](C)O)s3)CCCC2)c(OC)c1. The minimum atomic E-state index is -0.748. The Hall–Kier alpha value is -2.58. The third-order valence-corrected chi connectivity index (χ3v) is 7.07. The van der Waals surface area contributed by atoms with E-state index < -0.39 is 17.9 Å². The number of hydrogen-bond acceptors (Lipinski definition) is 6. The molecule has 0 radical (unpaired) electrons. The van der Waals surface area contributed by atoms with Crippen LogP contribution in [0.25, 0.3) is 0 Å². The van der Waals surface area contributed by atoms with Crippen molar-refractivity contribution < 1.29 is 24.2 Å². The van der Waals surface area contributed by atoms with Gasteiger partial charge in [0.15, 0.2) is 0 Å². The molecule has 1 aliphatic rings. The summed E-state index contributed by atoms with van der Waals surface area (Å²) < 4.78 is 10.4. The number of thiophene rings is 1. The smallest absolute Gasteiger partial charge is 0.313 e. The highest BCUT2D eigenvalue weighted by Gasteiger charge is 2.38. The molecule has 0 spiro atoms. The number of nitrogens with one attached hydrogen (secondary N) is 2. The maximum Gasteiger partial charge on any atom is 0.313 e. The Morgan fingerprint density at radius 2 is 1.87 bits per heavy atom. The third-order valence-electron chi connectivity index (χ3n) is 5.57. The topological polar surface area (TPSA) is 96.9 Å². The summed E-state index contributed by atoms with van der Waals surface area (Å²) in [4.78, 5) is 27.0. The molecule has 0 aliphatic heterocycles. The van der Waals surface area contributed by atoms with Gasteiger partial charge in [-0.05, 0) is 44.0 Å². The Morgan fingerprint density at radius 1 is 1.13 bits per heavy atom. The number of carbonyl (C=O) groups is 2. The monoisotopic (exact) mass is 432 g/mol. The van der Waals surface area contributed by atoms with Crippen LogP contribution < -0.4 is 20.1 Å². The number of rotatable bonds is 7. The normalized spacial score (nSPS) is 16.0. The van der Waals surface area contributed by atoms with Gasteiger partial charge < -0.3 is 25.2 Å². The van der Waals surface area contributed by atoms with Gasteiger partial charge in [-0.15, -0.1) is 11.3 Å². The van der Waals surface area contributed by atoms with Gasteiger partial charge in [0.25, 0.3) is 0 Å². The molecule has 1 fully saturated rings. The van der Waals surface area contributed by atoms with Gasteiger partial charge >= 0.3 is 11.8 Å². The van der Waals surface area contributed by atoms with Crippen molar-refractivity contribution in [1.82, 2.24) is 5.32 Å². The third kappa shape index (κ3) is 4.76. The highest BCUT2D eigenvalue weighted by molar-refractivity contribution is 7.12. The minimum Gasteiger partial charge on any atom is -0.497 e. The highest BCUT2D eigenvalue weighted by atomic mass is 32.1. The van der Waals surface area contributed by atoms with Crippen LogP contribution in [0.1, 0.15) is 48.5 Å². The lowest BCUT2D eigenvalue weighted by Gasteiger charge is -2.28. The summed E-state index contributed by atoms with van der Waals surface area (Å²) in [6.07, 6.45) is 3.53. The minimum absolute atomic E-state index is 0.189. The van der Waals surface area contributed by atoms with Crippen LogP contribution in [0.4, 0.5) is 5.69 Å². The van der Waals surface area contributed by atoms with Crippen LogP contribution in [0.3, 0.4) is 0 Å². The van der Waals surface area contributed by atoms with Crippen LogP contribution >= 0.6 is 11.3 Å². The van der Waals surface area contributed by atoms with Crippen molar-refractivity contribution in [3.8, 4) is 11.5 Å². The first-order valence-electron chi connectivity index (χ1n) is 9.98. The molecule has 162 valence electrons. The zero-order valence-electron chi connectivity index (χ0n) is 17.5. The second-order valence-corrected chi connectivity index (χ2v) is 8.68. The molecule has 1 atom stereocenters. The van der Waals surface area contributed by atoms with Crippen LogP contribution in [0, 0.1) is 0 Å². The van der Waals surface area contributed by atoms with E-state index in [1.807, 2.05) is 12.1 Å². The van der Waals surface area contributed by atoms with Crippen molar-refractivity contribution in [2.24, 2.45) is 0 Å². The number of ether oxygens (including phenoxy) is 2. The summed E-state index contributed by atoms with van der Waals surface area (Å²) in [6.45, 7) is 2.13. The molecule has 1 aromatic carbocycles. The first-order valence-corrected chi connectivity index (χ1v) is 10.8. The standard InChI is InChI=1S/C22H28N2O5S/c1-14(25)18-8-9-19(30-18)22(10-4-5-11-22)13-23-20(26)21(27)24-16-7-6-15(28-2)12-17(16)29-3/h6-9,12,14,25H,4-5,10-11,13H2,1-3H3,(H,23,26)(H,24,27)/t14-/m0/s1. The largest absolute Gasteiger partial charge is 0.497 e. The Bertz CT molecular complexity index is 903. The Balaban J connectivity index is 1.66. The van der Waals surface area contributed by atoms with Gasteiger partial charge in [0, 0.05) is 27.8 Å². The summed E-state index contributed by atoms with van der Waals surface area (Å²) in [5.74, 6) is -0.439. The first kappa shape index (κ1) is 22.1. The van der Waals surface area contributed by atoms with E-state index in [-0.39, 0.29) is 5.41 Å². The average molecular weight is 433 g/mol. The van der Waals surface area contributed by atoms with E-state index in [0.717, 1.165) is 35.4 Å². The molecule has 1 saturated carbocycles. The zero-order chi connectivity index (χ0) is 21.7. The number of aliphatic hydroxyl groups is 1. The Labute approximate surface area is 180 Å². The maximum atomic E-state index is 12.5. The van der Waals surface area contributed by atoms with E-state index in [9.17, 15) is 14.7 Å².